The zero-order chi connectivity index (χ0) is 12.1. The number of hydrogen-bond donors (Lipinski definition) is 1. The minimum absolute atomic E-state index is 0.295. The van der Waals surface area contributed by atoms with E-state index in [2.05, 4.69) is 4.74 Å². The van der Waals surface area contributed by atoms with Crippen LogP contribution in [0, 0.1) is 0 Å². The van der Waals surface area contributed by atoms with Gasteiger partial charge in [0.05, 0.1) is 13.0 Å². The Morgan fingerprint density at radius 2 is 1.60 bits per heavy atom. The topological polar surface area (TPSA) is 35.2 Å². The summed E-state index contributed by atoms with van der Waals surface area (Å²) in [5, 5.41) is 0. The maximum Gasteiger partial charge on any atom is 0.414 e. The molecule has 1 unspecified atom stereocenters. The summed E-state index contributed by atoms with van der Waals surface area (Å²) in [5.74, 6) is 0. The smallest absolute Gasteiger partial charge is 0.368 e. The van der Waals surface area contributed by atoms with E-state index in [1.165, 1.54) is 0 Å². The standard InChI is InChI=1S/C7H11F6NO/c8-6(9,10)2-4-15-5(1-3-14)7(11,12)13/h5H,1-4,14H2. The highest BCUT2D eigenvalue weighted by Gasteiger charge is 2.40. The maximum atomic E-state index is 12.1. The van der Waals surface area contributed by atoms with Gasteiger partial charge in [-0.25, -0.2) is 0 Å². The molecule has 2 N–H and O–H groups in total. The van der Waals surface area contributed by atoms with Crippen molar-refractivity contribution < 1.29 is 31.1 Å². The molecule has 0 bridgehead atoms. The molecule has 0 spiro atoms. The van der Waals surface area contributed by atoms with Gasteiger partial charge in [-0.3, -0.25) is 0 Å². The van der Waals surface area contributed by atoms with Crippen molar-refractivity contribution in [3.8, 4) is 0 Å². The van der Waals surface area contributed by atoms with E-state index in [0.717, 1.165) is 0 Å². The number of nitrogens with two attached hydrogens (primary N) is 1. The van der Waals surface area contributed by atoms with Gasteiger partial charge in [-0.05, 0) is 13.0 Å². The molecule has 1 atom stereocenters. The number of halogens is 6. The van der Waals surface area contributed by atoms with Crippen molar-refractivity contribution in [1.82, 2.24) is 0 Å². The van der Waals surface area contributed by atoms with Gasteiger partial charge in [0.25, 0.3) is 0 Å². The molecule has 0 heterocycles. The van der Waals surface area contributed by atoms with Crippen molar-refractivity contribution in [3.05, 3.63) is 0 Å². The molecule has 0 aromatic rings. The van der Waals surface area contributed by atoms with Crippen LogP contribution in [0.5, 0.6) is 0 Å². The Morgan fingerprint density at radius 3 is 1.93 bits per heavy atom. The SMILES string of the molecule is NCCC(OCCC(F)(F)F)C(F)(F)F. The molecule has 0 aliphatic carbocycles. The maximum absolute atomic E-state index is 12.1. The first-order chi connectivity index (χ1) is 6.67. The monoisotopic (exact) mass is 239 g/mol. The van der Waals surface area contributed by atoms with Gasteiger partial charge in [-0.1, -0.05) is 0 Å². The van der Waals surface area contributed by atoms with E-state index in [-0.39, 0.29) is 6.54 Å². The summed E-state index contributed by atoms with van der Waals surface area (Å²) < 4.78 is 75.1. The van der Waals surface area contributed by atoms with Crippen LogP contribution in [0.1, 0.15) is 12.8 Å². The fourth-order valence-corrected chi connectivity index (χ4v) is 0.810. The van der Waals surface area contributed by atoms with E-state index < -0.39 is 37.9 Å². The lowest BCUT2D eigenvalue weighted by atomic mass is 10.2. The highest BCUT2D eigenvalue weighted by Crippen LogP contribution is 2.26. The highest BCUT2D eigenvalue weighted by molar-refractivity contribution is 4.68. The third-order valence-electron chi connectivity index (χ3n) is 1.50. The van der Waals surface area contributed by atoms with Gasteiger partial charge in [0, 0.05) is 0 Å². The first-order valence-electron chi connectivity index (χ1n) is 4.12. The van der Waals surface area contributed by atoms with Crippen molar-refractivity contribution in [1.29, 1.82) is 0 Å². The molecule has 0 aliphatic heterocycles. The first kappa shape index (κ1) is 14.5. The minimum Gasteiger partial charge on any atom is -0.368 e. The molecule has 0 amide bonds. The summed E-state index contributed by atoms with van der Waals surface area (Å²) in [6, 6.07) is 0. The number of hydrogen-bond acceptors (Lipinski definition) is 2. The molecule has 2 nitrogen and oxygen atoms in total. The predicted octanol–water partition coefficient (Wildman–Crippen LogP) is 2.24. The highest BCUT2D eigenvalue weighted by atomic mass is 19.4. The van der Waals surface area contributed by atoms with Crippen LogP contribution in [0.2, 0.25) is 0 Å². The fraction of sp³-hybridized carbons (Fsp3) is 1.00. The van der Waals surface area contributed by atoms with Crippen LogP contribution < -0.4 is 5.73 Å². The van der Waals surface area contributed by atoms with Crippen LogP contribution in [0.15, 0.2) is 0 Å². The molecule has 92 valence electrons. The first-order valence-corrected chi connectivity index (χ1v) is 4.12. The Bertz CT molecular complexity index is 177. The van der Waals surface area contributed by atoms with Gasteiger partial charge < -0.3 is 10.5 Å². The van der Waals surface area contributed by atoms with Crippen LogP contribution in [-0.4, -0.2) is 31.6 Å². The molecule has 0 saturated heterocycles. The lowest BCUT2D eigenvalue weighted by molar-refractivity contribution is -0.230. The van der Waals surface area contributed by atoms with Crippen molar-refractivity contribution in [3.63, 3.8) is 0 Å². The second-order valence-corrected chi connectivity index (χ2v) is 2.84. The third-order valence-corrected chi connectivity index (χ3v) is 1.50. The van der Waals surface area contributed by atoms with Crippen LogP contribution in [0.25, 0.3) is 0 Å². The van der Waals surface area contributed by atoms with E-state index in [9.17, 15) is 26.3 Å². The van der Waals surface area contributed by atoms with Gasteiger partial charge in [-0.15, -0.1) is 0 Å². The number of rotatable bonds is 5. The quantitative estimate of drug-likeness (QED) is 0.746. The normalized spacial score (nSPS) is 15.4. The lowest BCUT2D eigenvalue weighted by Crippen LogP contribution is -2.34. The van der Waals surface area contributed by atoms with Crippen LogP contribution in [0.4, 0.5) is 26.3 Å². The van der Waals surface area contributed by atoms with Crippen LogP contribution in [0.3, 0.4) is 0 Å². The second-order valence-electron chi connectivity index (χ2n) is 2.84. The zero-order valence-electron chi connectivity index (χ0n) is 7.66. The summed E-state index contributed by atoms with van der Waals surface area (Å²) in [4.78, 5) is 0. The Balaban J connectivity index is 3.98. The molecule has 0 radical (unpaired) electrons. The fourth-order valence-electron chi connectivity index (χ4n) is 0.810. The molecule has 0 aromatic heterocycles. The Morgan fingerprint density at radius 1 is 1.07 bits per heavy atom. The molecule has 15 heavy (non-hydrogen) atoms. The Kier molecular flexibility index (Phi) is 5.36. The number of ether oxygens (including phenoxy) is 1. The summed E-state index contributed by atoms with van der Waals surface area (Å²) in [5.41, 5.74) is 4.88. The van der Waals surface area contributed by atoms with Crippen LogP contribution in [-0.2, 0) is 4.74 Å². The third kappa shape index (κ3) is 7.43. The summed E-state index contributed by atoms with van der Waals surface area (Å²) >= 11 is 0. The van der Waals surface area contributed by atoms with Gasteiger partial charge in [0.1, 0.15) is 0 Å². The van der Waals surface area contributed by atoms with Crippen molar-refractivity contribution >= 4 is 0 Å². The Hall–Kier alpha value is -0.500. The van der Waals surface area contributed by atoms with Gasteiger partial charge in [-0.2, -0.15) is 26.3 Å². The predicted molar refractivity (Wildman–Crippen MR) is 40.1 cm³/mol. The average Bonchev–Trinajstić information content (AvgIpc) is 1.98. The van der Waals surface area contributed by atoms with E-state index in [4.69, 9.17) is 5.73 Å². The molecular formula is C7H11F6NO. The summed E-state index contributed by atoms with van der Waals surface area (Å²) in [6.07, 6.45) is -13.3. The number of alkyl halides is 6. The molecular weight excluding hydrogens is 228 g/mol. The Labute approximate surface area is 82.4 Å². The minimum atomic E-state index is -4.68. The second kappa shape index (κ2) is 5.55. The van der Waals surface area contributed by atoms with Crippen molar-refractivity contribution in [2.75, 3.05) is 13.2 Å². The van der Waals surface area contributed by atoms with E-state index in [1.807, 2.05) is 0 Å². The molecule has 0 rings (SSSR count). The van der Waals surface area contributed by atoms with Gasteiger partial charge >= 0.3 is 12.4 Å². The molecule has 0 aromatic carbocycles. The zero-order valence-corrected chi connectivity index (χ0v) is 7.66. The molecule has 0 fully saturated rings. The summed E-state index contributed by atoms with van der Waals surface area (Å²) in [7, 11) is 0. The van der Waals surface area contributed by atoms with E-state index >= 15 is 0 Å². The van der Waals surface area contributed by atoms with Crippen molar-refractivity contribution in [2.45, 2.75) is 31.3 Å². The van der Waals surface area contributed by atoms with Crippen molar-refractivity contribution in [2.24, 2.45) is 5.73 Å². The molecule has 0 aliphatic rings. The molecule has 8 heteroatoms. The van der Waals surface area contributed by atoms with E-state index in [0.29, 0.717) is 0 Å². The molecule has 0 saturated carbocycles. The van der Waals surface area contributed by atoms with E-state index in [1.54, 1.807) is 0 Å². The van der Waals surface area contributed by atoms with Crippen LogP contribution >= 0.6 is 0 Å². The largest absolute Gasteiger partial charge is 0.414 e. The lowest BCUT2D eigenvalue weighted by Gasteiger charge is -2.20. The van der Waals surface area contributed by atoms with Gasteiger partial charge in [0.2, 0.25) is 0 Å². The summed E-state index contributed by atoms with van der Waals surface area (Å²) in [6.45, 7) is -1.30. The average molecular weight is 239 g/mol. The van der Waals surface area contributed by atoms with Gasteiger partial charge in [0.15, 0.2) is 6.10 Å².